The topological polar surface area (TPSA) is 201 Å². The average Bonchev–Trinajstić information content (AvgIpc) is 2.13. The van der Waals surface area contributed by atoms with Crippen molar-refractivity contribution in [3.05, 3.63) is 0 Å². The van der Waals surface area contributed by atoms with E-state index in [1.165, 1.54) is 0 Å². The van der Waals surface area contributed by atoms with Crippen LogP contribution in [0.15, 0.2) is 0 Å². The molecule has 0 saturated carbocycles. The molecule has 0 bridgehead atoms. The fourth-order valence-corrected chi connectivity index (χ4v) is 0. The third-order valence-electron chi connectivity index (χ3n) is 0.167. The van der Waals surface area contributed by atoms with Gasteiger partial charge in [0.1, 0.15) is 0 Å². The van der Waals surface area contributed by atoms with Gasteiger partial charge in [-0.3, -0.25) is 19.2 Å². The van der Waals surface area contributed by atoms with E-state index in [2.05, 4.69) is 0 Å². The van der Waals surface area contributed by atoms with Gasteiger partial charge in [0.05, 0.1) is 0 Å². The molecule has 0 aliphatic heterocycles. The van der Waals surface area contributed by atoms with Crippen molar-refractivity contribution in [1.29, 1.82) is 0 Å². The van der Waals surface area contributed by atoms with Crippen LogP contribution in [0.2, 0.25) is 0 Å². The zero-order valence-corrected chi connectivity index (χ0v) is 13.5. The van der Waals surface area contributed by atoms with Gasteiger partial charge in [0.2, 0.25) is 0 Å². The van der Waals surface area contributed by atoms with Crippen LogP contribution >= 0.6 is 0 Å². The molecule has 129 valence electrons. The molecule has 0 aliphatic carbocycles. The van der Waals surface area contributed by atoms with Crippen LogP contribution in [0, 0.1) is 0 Å². The summed E-state index contributed by atoms with van der Waals surface area (Å²) in [5, 5.41) is 29.7. The van der Waals surface area contributed by atoms with Crippen LogP contribution in [0.4, 0.5) is 0 Å². The third kappa shape index (κ3) is 10500. The summed E-state index contributed by atoms with van der Waals surface area (Å²) >= 11 is 0. The minimum atomic E-state index is -0.833. The molecule has 0 aromatic rings. The van der Waals surface area contributed by atoms with Crippen molar-refractivity contribution in [1.82, 2.24) is 0 Å². The molecule has 0 fully saturated rings. The van der Waals surface area contributed by atoms with E-state index >= 15 is 0 Å². The number of carboxylic acids is 4. The molecule has 0 aromatic heterocycles. The molecule has 0 unspecified atom stereocenters. The first-order valence-corrected chi connectivity index (χ1v) is 5.03. The smallest absolute Gasteiger partial charge is 0.300 e. The Morgan fingerprint density at radius 1 is 0.619 bits per heavy atom. The molecule has 0 spiro atoms. The van der Waals surface area contributed by atoms with Gasteiger partial charge >= 0.3 is 0 Å². The van der Waals surface area contributed by atoms with Crippen LogP contribution < -0.4 is 11.5 Å². The molecule has 0 saturated heterocycles. The zero-order chi connectivity index (χ0) is 17.7. The number of carboxylic acid groups (broad SMARTS) is 4. The second-order valence-corrected chi connectivity index (χ2v) is 2.65. The van der Waals surface area contributed by atoms with E-state index in [4.69, 9.17) is 51.1 Å². The summed E-state index contributed by atoms with van der Waals surface area (Å²) in [7, 11) is 0. The summed E-state index contributed by atoms with van der Waals surface area (Å²) in [5.41, 5.74) is 9.81. The Bertz CT molecular complexity index is 195. The molecule has 0 aliphatic rings. The maximum atomic E-state index is 9.00. The van der Waals surface area contributed by atoms with Gasteiger partial charge in [-0.25, -0.2) is 0 Å². The van der Waals surface area contributed by atoms with Gasteiger partial charge in [0, 0.05) is 57.9 Å². The molecule has 0 atom stereocenters. The van der Waals surface area contributed by atoms with E-state index in [1.807, 2.05) is 0 Å². The first-order chi connectivity index (χ1) is 8.84. The van der Waals surface area contributed by atoms with Crippen LogP contribution in [0.25, 0.3) is 0 Å². The van der Waals surface area contributed by atoms with E-state index < -0.39 is 23.9 Å². The van der Waals surface area contributed by atoms with E-state index in [9.17, 15) is 0 Å². The van der Waals surface area contributed by atoms with Crippen LogP contribution in [0.5, 0.6) is 0 Å². The molecule has 0 amide bonds. The summed E-state index contributed by atoms with van der Waals surface area (Å²) in [6, 6.07) is 0. The van der Waals surface area contributed by atoms with Crippen molar-refractivity contribution in [2.75, 3.05) is 13.1 Å². The maximum absolute atomic E-state index is 9.00. The number of carbonyl (C=O) groups is 4. The minimum absolute atomic E-state index is 0. The van der Waals surface area contributed by atoms with Crippen LogP contribution in [0.3, 0.4) is 0 Å². The summed E-state index contributed by atoms with van der Waals surface area (Å²) in [4.78, 5) is 36.0. The average molecular weight is 355 g/mol. The van der Waals surface area contributed by atoms with Gasteiger partial charge in [0.15, 0.2) is 0 Å². The molecule has 0 aromatic carbocycles. The number of aliphatic carboxylic acids is 4. The largest absolute Gasteiger partial charge is 0.481 e. The van der Waals surface area contributed by atoms with Gasteiger partial charge in [-0.05, 0) is 0 Å². The van der Waals surface area contributed by atoms with Crippen LogP contribution in [-0.2, 0) is 36.2 Å². The molecule has 0 rings (SSSR count). The van der Waals surface area contributed by atoms with E-state index in [1.54, 1.807) is 0 Å². The van der Waals surface area contributed by atoms with E-state index in [0.29, 0.717) is 13.1 Å². The molecule has 21 heavy (non-hydrogen) atoms. The molecular formula is C10H24MnN2O8. The van der Waals surface area contributed by atoms with Gasteiger partial charge < -0.3 is 31.9 Å². The second kappa shape index (κ2) is 36.2. The van der Waals surface area contributed by atoms with Gasteiger partial charge in [0.25, 0.3) is 23.9 Å². The van der Waals surface area contributed by atoms with Crippen LogP contribution in [-0.4, -0.2) is 57.4 Å². The number of rotatable bonds is 1. The quantitative estimate of drug-likeness (QED) is 0.325. The van der Waals surface area contributed by atoms with Crippen molar-refractivity contribution >= 4 is 23.9 Å². The molecular weight excluding hydrogens is 331 g/mol. The normalized spacial score (nSPS) is 6.19. The Balaban J connectivity index is -0.0000000331. The molecule has 10 nitrogen and oxygen atoms in total. The first-order valence-electron chi connectivity index (χ1n) is 5.03. The third-order valence-corrected chi connectivity index (χ3v) is 0.167. The van der Waals surface area contributed by atoms with Gasteiger partial charge in [-0.15, -0.1) is 0 Å². The number of hydrogen-bond acceptors (Lipinski definition) is 6. The Kier molecular flexibility index (Phi) is 63.0. The molecule has 0 heterocycles. The van der Waals surface area contributed by atoms with Crippen molar-refractivity contribution < 1.29 is 56.7 Å². The Labute approximate surface area is 133 Å². The Morgan fingerprint density at radius 3 is 0.667 bits per heavy atom. The predicted octanol–water partition coefficient (Wildman–Crippen LogP) is -0.735. The molecule has 1 radical (unpaired) electrons. The Hall–Kier alpha value is -1.68. The fraction of sp³-hybridized carbons (Fsp3) is 0.600. The monoisotopic (exact) mass is 355 g/mol. The maximum Gasteiger partial charge on any atom is 0.300 e. The SMILES string of the molecule is CC(=O)O.CC(=O)O.CC(=O)O.CC(=O)O.NCCN.[Mn]. The van der Waals surface area contributed by atoms with Crippen LogP contribution in [0.1, 0.15) is 27.7 Å². The van der Waals surface area contributed by atoms with Crippen molar-refractivity contribution in [3.8, 4) is 0 Å². The molecule has 11 heteroatoms. The zero-order valence-electron chi connectivity index (χ0n) is 12.4. The minimum Gasteiger partial charge on any atom is -0.481 e. The van der Waals surface area contributed by atoms with Crippen molar-refractivity contribution in [3.63, 3.8) is 0 Å². The number of nitrogens with two attached hydrogens (primary N) is 2. The predicted molar refractivity (Wildman–Crippen MR) is 71.3 cm³/mol. The summed E-state index contributed by atoms with van der Waals surface area (Å²) in [6.45, 7) is 5.53. The number of hydrogen-bond donors (Lipinski definition) is 6. The van der Waals surface area contributed by atoms with Gasteiger partial charge in [-0.1, -0.05) is 0 Å². The Morgan fingerprint density at radius 2 is 0.667 bits per heavy atom. The standard InChI is InChI=1S/C2H8N2.4C2H4O2.Mn/c3-1-2-4;4*1-2(3)4;/h1-4H2;4*1H3,(H,3,4);. The molecule has 8 N–H and O–H groups in total. The van der Waals surface area contributed by atoms with Crippen molar-refractivity contribution in [2.45, 2.75) is 27.7 Å². The van der Waals surface area contributed by atoms with E-state index in [-0.39, 0.29) is 17.1 Å². The van der Waals surface area contributed by atoms with Gasteiger partial charge in [-0.2, -0.15) is 0 Å². The summed E-state index contributed by atoms with van der Waals surface area (Å²) in [6.07, 6.45) is 0. The second-order valence-electron chi connectivity index (χ2n) is 2.65. The summed E-state index contributed by atoms with van der Waals surface area (Å²) in [5.74, 6) is -3.33. The van der Waals surface area contributed by atoms with Crippen molar-refractivity contribution in [2.24, 2.45) is 11.5 Å². The van der Waals surface area contributed by atoms with E-state index in [0.717, 1.165) is 27.7 Å². The fourth-order valence-electron chi connectivity index (χ4n) is 0. The first kappa shape index (κ1) is 36.5. The summed E-state index contributed by atoms with van der Waals surface area (Å²) < 4.78 is 0.